The van der Waals surface area contributed by atoms with Crippen LogP contribution in [-0.2, 0) is 40.1 Å². The van der Waals surface area contributed by atoms with E-state index in [2.05, 4.69) is 0 Å². The summed E-state index contributed by atoms with van der Waals surface area (Å²) in [6.45, 7) is 0. The van der Waals surface area contributed by atoms with Gasteiger partial charge in [0.1, 0.15) is 9.79 Å². The van der Waals surface area contributed by atoms with E-state index >= 15 is 0 Å². The number of hydrogen-bond donors (Lipinski definition) is 2. The van der Waals surface area contributed by atoms with Crippen molar-refractivity contribution < 1.29 is 33.7 Å². The molecule has 0 aromatic heterocycles. The highest BCUT2D eigenvalue weighted by atomic mass is 32.3. The van der Waals surface area contributed by atoms with Crippen molar-refractivity contribution in [3.63, 3.8) is 0 Å². The first-order valence-electron chi connectivity index (χ1n) is 10.7. The summed E-state index contributed by atoms with van der Waals surface area (Å²) in [5.74, 6) is 0. The molecule has 0 spiro atoms. The minimum Gasteiger partial charge on any atom is -0.206 e. The standard InChI is InChI=1S/C24H20N2O8S4/c27-35(28,20-13-6-2-7-14-20)25-37(31,32)23-18-10-17-22(19-11-4-1-5-12-19)24(23)38(33,34)26-36(29,30)21-15-8-3-9-16-21/h1-18,25-26H. The largest absolute Gasteiger partial charge is 0.255 e. The molecular formula is C24H20N2O8S4. The van der Waals surface area contributed by atoms with Gasteiger partial charge in [0.05, 0.1) is 9.79 Å². The smallest absolute Gasteiger partial charge is 0.206 e. The van der Waals surface area contributed by atoms with E-state index in [1.807, 2.05) is 0 Å². The first-order valence-corrected chi connectivity index (χ1v) is 16.6. The van der Waals surface area contributed by atoms with Crippen molar-refractivity contribution >= 4 is 40.1 Å². The van der Waals surface area contributed by atoms with Gasteiger partial charge in [0, 0.05) is 5.56 Å². The molecular weight excluding hydrogens is 573 g/mol. The average Bonchev–Trinajstić information content (AvgIpc) is 2.89. The maximum absolute atomic E-state index is 13.6. The summed E-state index contributed by atoms with van der Waals surface area (Å²) < 4.78 is 108. The van der Waals surface area contributed by atoms with Gasteiger partial charge in [-0.2, -0.15) is 0 Å². The minimum absolute atomic E-state index is 0.165. The van der Waals surface area contributed by atoms with Crippen molar-refractivity contribution in [2.75, 3.05) is 0 Å². The van der Waals surface area contributed by atoms with Crippen LogP contribution in [0.3, 0.4) is 0 Å². The van der Waals surface area contributed by atoms with E-state index in [9.17, 15) is 33.7 Å². The highest BCUT2D eigenvalue weighted by molar-refractivity contribution is 8.06. The van der Waals surface area contributed by atoms with E-state index in [1.165, 1.54) is 60.7 Å². The van der Waals surface area contributed by atoms with Gasteiger partial charge < -0.3 is 0 Å². The number of nitrogens with one attached hydrogen (secondary N) is 2. The van der Waals surface area contributed by atoms with E-state index in [-0.39, 0.29) is 20.9 Å². The van der Waals surface area contributed by atoms with E-state index in [1.54, 1.807) is 26.5 Å². The molecule has 0 unspecified atom stereocenters. The Morgan fingerprint density at radius 3 is 1.29 bits per heavy atom. The van der Waals surface area contributed by atoms with Crippen LogP contribution in [-0.4, -0.2) is 33.7 Å². The quantitative estimate of drug-likeness (QED) is 0.300. The third-order valence-corrected chi connectivity index (χ3v) is 12.5. The van der Waals surface area contributed by atoms with Gasteiger partial charge in [-0.05, 0) is 35.9 Å². The molecule has 0 saturated carbocycles. The number of hydrogen-bond acceptors (Lipinski definition) is 8. The summed E-state index contributed by atoms with van der Waals surface area (Å²) in [5.41, 5.74) is 0.0781. The molecule has 0 aliphatic rings. The van der Waals surface area contributed by atoms with Crippen molar-refractivity contribution in [1.29, 1.82) is 0 Å². The van der Waals surface area contributed by atoms with E-state index < -0.39 is 49.9 Å². The fraction of sp³-hybridized carbons (Fsp3) is 0. The van der Waals surface area contributed by atoms with Crippen molar-refractivity contribution in [3.05, 3.63) is 109 Å². The zero-order chi connectivity index (χ0) is 27.6. The van der Waals surface area contributed by atoms with Crippen molar-refractivity contribution in [2.24, 2.45) is 0 Å². The summed E-state index contributed by atoms with van der Waals surface area (Å²) in [5, 5.41) is 0. The van der Waals surface area contributed by atoms with E-state index in [4.69, 9.17) is 0 Å². The second kappa shape index (κ2) is 10.4. The molecule has 0 aliphatic heterocycles. The van der Waals surface area contributed by atoms with E-state index in [0.717, 1.165) is 30.3 Å². The van der Waals surface area contributed by atoms with Crippen LogP contribution in [0.25, 0.3) is 11.1 Å². The van der Waals surface area contributed by atoms with Crippen LogP contribution in [0.2, 0.25) is 0 Å². The zero-order valence-electron chi connectivity index (χ0n) is 19.3. The molecule has 0 radical (unpaired) electrons. The van der Waals surface area contributed by atoms with Gasteiger partial charge in [-0.15, -0.1) is 8.25 Å². The third-order valence-electron chi connectivity index (χ3n) is 5.17. The lowest BCUT2D eigenvalue weighted by Gasteiger charge is -2.17. The van der Waals surface area contributed by atoms with Gasteiger partial charge in [-0.25, -0.2) is 33.7 Å². The highest BCUT2D eigenvalue weighted by Crippen LogP contribution is 2.33. The fourth-order valence-corrected chi connectivity index (χ4v) is 10.4. The summed E-state index contributed by atoms with van der Waals surface area (Å²) in [4.78, 5) is -2.66. The van der Waals surface area contributed by atoms with Gasteiger partial charge >= 0.3 is 0 Å². The Labute approximate surface area is 221 Å². The van der Waals surface area contributed by atoms with Gasteiger partial charge in [0.15, 0.2) is 0 Å². The average molecular weight is 593 g/mol. The Morgan fingerprint density at radius 2 is 0.816 bits per heavy atom. The molecule has 38 heavy (non-hydrogen) atoms. The summed E-state index contributed by atoms with van der Waals surface area (Å²) in [6, 6.07) is 24.4. The molecule has 198 valence electrons. The Kier molecular flexibility index (Phi) is 7.56. The monoisotopic (exact) mass is 592 g/mol. The Hall–Kier alpha value is -3.40. The third kappa shape index (κ3) is 5.85. The van der Waals surface area contributed by atoms with Gasteiger partial charge in [0.25, 0.3) is 40.1 Å². The molecule has 0 saturated heterocycles. The van der Waals surface area contributed by atoms with Gasteiger partial charge in [-0.3, -0.25) is 0 Å². The Morgan fingerprint density at radius 1 is 0.395 bits per heavy atom. The van der Waals surface area contributed by atoms with E-state index in [0.29, 0.717) is 0 Å². The highest BCUT2D eigenvalue weighted by Gasteiger charge is 2.35. The number of rotatable bonds is 9. The number of benzene rings is 4. The SMILES string of the molecule is O=S(=O)(NS(=O)(=O)c1cccc(-c2ccccc2)c1S(=O)(=O)NS(=O)(=O)c1ccccc1)c1ccccc1. The second-order valence-corrected chi connectivity index (χ2v) is 15.0. The van der Waals surface area contributed by atoms with Gasteiger partial charge in [0.2, 0.25) is 0 Å². The summed E-state index contributed by atoms with van der Waals surface area (Å²) in [7, 11) is -19.5. The van der Waals surface area contributed by atoms with Crippen LogP contribution < -0.4 is 8.25 Å². The molecule has 4 rings (SSSR count). The molecule has 0 atom stereocenters. The molecule has 4 aromatic carbocycles. The van der Waals surface area contributed by atoms with Crippen LogP contribution in [0.15, 0.2) is 129 Å². The minimum atomic E-state index is -5.13. The Bertz CT molecular complexity index is 1900. The lowest BCUT2D eigenvalue weighted by molar-refractivity contribution is 0.566. The molecule has 0 bridgehead atoms. The maximum Gasteiger partial charge on any atom is 0.255 e. The molecule has 0 aliphatic carbocycles. The molecule has 14 heteroatoms. The molecule has 0 amide bonds. The zero-order valence-corrected chi connectivity index (χ0v) is 22.6. The Balaban J connectivity index is 1.92. The van der Waals surface area contributed by atoms with Gasteiger partial charge in [-0.1, -0.05) is 78.9 Å². The summed E-state index contributed by atoms with van der Waals surface area (Å²) in [6.07, 6.45) is 0. The summed E-state index contributed by atoms with van der Waals surface area (Å²) >= 11 is 0. The molecule has 0 heterocycles. The van der Waals surface area contributed by atoms with Crippen LogP contribution in [0.1, 0.15) is 0 Å². The lowest BCUT2D eigenvalue weighted by Crippen LogP contribution is -2.35. The van der Waals surface area contributed by atoms with Crippen LogP contribution in [0, 0.1) is 0 Å². The van der Waals surface area contributed by atoms with Crippen molar-refractivity contribution in [1.82, 2.24) is 8.25 Å². The normalized spacial score (nSPS) is 12.7. The van der Waals surface area contributed by atoms with Crippen molar-refractivity contribution in [3.8, 4) is 11.1 Å². The molecule has 4 aromatic rings. The first kappa shape index (κ1) is 27.6. The molecule has 0 fully saturated rings. The second-order valence-electron chi connectivity index (χ2n) is 7.81. The topological polar surface area (TPSA) is 161 Å². The molecule has 10 nitrogen and oxygen atoms in total. The number of sulfonamides is 4. The van der Waals surface area contributed by atoms with Crippen LogP contribution >= 0.6 is 0 Å². The van der Waals surface area contributed by atoms with Crippen LogP contribution in [0.5, 0.6) is 0 Å². The van der Waals surface area contributed by atoms with Crippen molar-refractivity contribution in [2.45, 2.75) is 19.6 Å². The predicted octanol–water partition coefficient (Wildman–Crippen LogP) is 2.69. The van der Waals surface area contributed by atoms with Crippen LogP contribution in [0.4, 0.5) is 0 Å². The first-order chi connectivity index (χ1) is 17.8. The fourth-order valence-electron chi connectivity index (χ4n) is 3.52. The maximum atomic E-state index is 13.6. The lowest BCUT2D eigenvalue weighted by atomic mass is 10.1. The predicted molar refractivity (Wildman–Crippen MR) is 140 cm³/mol. The molecule has 2 N–H and O–H groups in total.